The molecule has 8 amide bonds. The maximum atomic E-state index is 14.3. The summed E-state index contributed by atoms with van der Waals surface area (Å²) in [4.78, 5) is 167. The van der Waals surface area contributed by atoms with Crippen molar-refractivity contribution in [2.24, 2.45) is 23.7 Å². The van der Waals surface area contributed by atoms with Gasteiger partial charge in [0.25, 0.3) is 0 Å². The lowest BCUT2D eigenvalue weighted by atomic mass is 9.83. The molecule has 8 heterocycles. The number of rotatable bonds is 23. The van der Waals surface area contributed by atoms with E-state index in [0.29, 0.717) is 67.4 Å². The van der Waals surface area contributed by atoms with Crippen molar-refractivity contribution in [3.05, 3.63) is 151 Å². The first-order valence-corrected chi connectivity index (χ1v) is 49.7. The quantitative estimate of drug-likeness (QED) is 0.00587. The number of aliphatic carboxylic acids is 1. The lowest BCUT2D eigenvalue weighted by Crippen LogP contribution is -2.63. The predicted octanol–water partition coefficient (Wildman–Crippen LogP) is 12.2. The van der Waals surface area contributed by atoms with Gasteiger partial charge in [0.05, 0.1) is 74.0 Å². The molecule has 16 atom stereocenters. The van der Waals surface area contributed by atoms with Crippen molar-refractivity contribution in [2.75, 3.05) is 116 Å². The summed E-state index contributed by atoms with van der Waals surface area (Å²) in [5.41, 5.74) is -2.42. The second-order valence-electron chi connectivity index (χ2n) is 37.3. The average Bonchev–Trinajstić information content (AvgIpc) is 1.57. The number of allylic oxidation sites excluding steroid dienone is 6. The average molecular weight is 2170 g/mol. The lowest BCUT2D eigenvalue weighted by molar-refractivity contribution is -0.162. The number of hydrogen-bond donors (Lipinski definition) is 6. The fourth-order valence-corrected chi connectivity index (χ4v) is 20.1. The number of carboxylic acids is 1. The topological polar surface area (TPSA) is 437 Å². The standard InChI is InChI=1S/C49H58ClF5N4O13S.C43H59ClN4O13S.C6HF5O/c1-24-10-9-11-32(68-8)49(66)22-31(69-47(65)56-49)25(2)44-48(4,72-44)33(21-35(61)58(6)29-19-27(18-24)20-30(67-7)37(29)50)70-45(63)26(3)57(5)34(60)14-17-73-23-36(62)59-15-12-28(13-16-59)46(64)71-43-41(54)39(52)38(51)40(53)42(43)55;1-24-10-9-11-32(58-8)43(56)22-31(59-41(55)45-43)25(2)38-42(4,61-38)33(21-35(50)47(6)29-19-27(18-24)20-30(57-7)37(29)44)60-40(54)26(3)46(5)34(49)14-17-62-23-36(51)48-15-12-28(13-16-48)39(52)53;7-1-2(8)4(10)6(12)5(11)3(1)9/h9-11,19-20,25-26,28,31-33,44,66H,12-18,21-23H2,1-8H3,(H,56,65);9-11,19-20,25-26,28,31-33,38,56H,12-18,21-23H2,1-8H3,(H,45,55)(H,52,53);12H/b2*11-9+,24-10+;/t25-,26-,31+,32-,33+,44+,48+,49+;25-,26-,31+,32-,33+,38+,42+,43+;/m11./s1. The summed E-state index contributed by atoms with van der Waals surface area (Å²) in [6.45, 7) is 14.4. The summed E-state index contributed by atoms with van der Waals surface area (Å²) in [5.74, 6) is -33.7. The minimum Gasteiger partial charge on any atom is -0.503 e. The van der Waals surface area contributed by atoms with E-state index >= 15 is 0 Å². The fraction of sp³-hybridized carbons (Fsp3) is 0.551. The number of aliphatic hydroxyl groups is 2. The van der Waals surface area contributed by atoms with E-state index in [1.165, 1.54) is 99.7 Å². The molecular weight excluding hydrogens is 2050 g/mol. The minimum absolute atomic E-state index is 0.0148. The van der Waals surface area contributed by atoms with Crippen LogP contribution in [0.4, 0.5) is 64.9 Å². The van der Waals surface area contributed by atoms with Crippen molar-refractivity contribution in [3.8, 4) is 23.0 Å². The third-order valence-electron chi connectivity index (χ3n) is 27.4. The first kappa shape index (κ1) is 118. The molecule has 0 aliphatic carbocycles. The Bertz CT molecular complexity index is 5630. The van der Waals surface area contributed by atoms with Crippen LogP contribution >= 0.6 is 46.7 Å². The zero-order valence-electron chi connectivity index (χ0n) is 83.2. The van der Waals surface area contributed by atoms with Crippen LogP contribution in [0.1, 0.15) is 131 Å². The highest BCUT2D eigenvalue weighted by Gasteiger charge is 2.67. The molecule has 0 aromatic heterocycles. The van der Waals surface area contributed by atoms with Gasteiger partial charge in [0, 0.05) is 118 Å². The number of ether oxygens (including phenoxy) is 11. The van der Waals surface area contributed by atoms with Gasteiger partial charge in [0.2, 0.25) is 99.4 Å². The van der Waals surface area contributed by atoms with Gasteiger partial charge in [0.1, 0.15) is 81.5 Å². The zero-order valence-corrected chi connectivity index (χ0v) is 86.4. The SMILES string of the molecule is COc1cc2cc(c1Cl)N(C)C(=O)C[C@H](OC(=O)[C@@H](C)N(C)C(=O)CCSCC(=O)N1CCC(C(=O)O)CC1)[C@]1(C)O[C@H]1[C@H](C)[C@@H]1C[C@@](O)(NC(=O)O1)[C@H](OC)/C=C/C=C(\C)C2.COc1cc2cc(c1Cl)N(C)C(=O)C[C@H](OC(=O)[C@@H](C)N(C)C(=O)CCSCC(=O)N1CCC(C(=O)Oc3c(F)c(F)c(F)c(F)c3F)CC1)[C@]1(C)O[C@H]1[C@H](C)[C@@H]1C[C@@](O)(NC(=O)O1)[C@H](OC)/C=C/C=C(\C)C2.Oc1c(F)c(F)c(F)c(F)c1F. The molecule has 12 rings (SSSR count). The molecule has 0 spiro atoms. The van der Waals surface area contributed by atoms with E-state index in [-0.39, 0.29) is 103 Å². The predicted molar refractivity (Wildman–Crippen MR) is 512 cm³/mol. The number of alkyl carbamates (subject to hydrolysis) is 2. The largest absolute Gasteiger partial charge is 0.503 e. The monoisotopic (exact) mass is 2160 g/mol. The smallest absolute Gasteiger partial charge is 0.409 e. The molecule has 0 unspecified atom stereocenters. The van der Waals surface area contributed by atoms with E-state index in [4.69, 9.17) is 75.7 Å². The van der Waals surface area contributed by atoms with Gasteiger partial charge in [-0.2, -0.15) is 41.1 Å². The van der Waals surface area contributed by atoms with Crippen LogP contribution < -0.4 is 34.6 Å². The van der Waals surface area contributed by atoms with Gasteiger partial charge in [-0.25, -0.2) is 45.5 Å². The highest BCUT2D eigenvalue weighted by atomic mass is 35.5. The number of likely N-dealkylation sites (tertiary alicyclic amines) is 2. The Labute approximate surface area is 858 Å². The molecule has 8 aliphatic heterocycles. The number of halogens is 12. The molecule has 0 saturated carbocycles. The van der Waals surface area contributed by atoms with Gasteiger partial charge >= 0.3 is 36.1 Å². The summed E-state index contributed by atoms with van der Waals surface area (Å²) in [5, 5.41) is 46.5. The number of hydrogen-bond acceptors (Lipinski definition) is 28. The van der Waals surface area contributed by atoms with Crippen LogP contribution in [-0.2, 0) is 98.7 Å². The molecule has 0 radical (unpaired) electrons. The summed E-state index contributed by atoms with van der Waals surface area (Å²) in [7, 11) is 11.6. The fourth-order valence-electron chi connectivity index (χ4n) is 17.8. The second kappa shape index (κ2) is 50.0. The Morgan fingerprint density at radius 2 is 0.891 bits per heavy atom. The molecule has 6 N–H and O–H groups in total. The number of epoxide rings is 2. The third-order valence-corrected chi connectivity index (χ3v) is 30.0. The highest BCUT2D eigenvalue weighted by Crippen LogP contribution is 2.52. The van der Waals surface area contributed by atoms with Crippen LogP contribution in [0.25, 0.3) is 0 Å². The number of esters is 3. The first-order valence-electron chi connectivity index (χ1n) is 46.6. The number of methoxy groups -OCH3 is 4. The number of nitrogens with zero attached hydrogens (tertiary/aromatic N) is 6. The number of anilines is 2. The summed E-state index contributed by atoms with van der Waals surface area (Å²) in [6.07, 6.45) is 1.32. The Balaban J connectivity index is 0.000000272. The van der Waals surface area contributed by atoms with Gasteiger partial charge in [-0.05, 0) is 115 Å². The van der Waals surface area contributed by atoms with Crippen molar-refractivity contribution >= 4 is 130 Å². The van der Waals surface area contributed by atoms with Crippen molar-refractivity contribution in [3.63, 3.8) is 0 Å². The summed E-state index contributed by atoms with van der Waals surface area (Å²) in [6, 6.07) is 4.76. The number of benzene rings is 4. The number of phenolic OH excluding ortho intramolecular Hbond substituents is 1. The third kappa shape index (κ3) is 27.7. The Morgan fingerprint density at radius 3 is 1.24 bits per heavy atom. The Hall–Kier alpha value is -11.2. The molecule has 6 fully saturated rings. The molecule has 4 aromatic rings. The van der Waals surface area contributed by atoms with Crippen molar-refractivity contribution in [1.82, 2.24) is 30.2 Å². The van der Waals surface area contributed by atoms with Gasteiger partial charge < -0.3 is 102 Å². The normalized spacial score (nSPS) is 27.1. The second-order valence-corrected chi connectivity index (χ2v) is 40.3. The zero-order chi connectivity index (χ0) is 109. The van der Waals surface area contributed by atoms with Crippen molar-refractivity contribution in [1.29, 1.82) is 0 Å². The Kier molecular flexibility index (Phi) is 40.0. The molecule has 35 nitrogen and oxygen atoms in total. The number of thioether (sulfide) groups is 2. The van der Waals surface area contributed by atoms with Crippen molar-refractivity contribution < 1.29 is 174 Å². The number of nitrogens with one attached hydrogen (secondary N) is 2. The first-order chi connectivity index (χ1) is 69.0. The number of carbonyl (C=O) groups excluding carboxylic acids is 11. The number of fused-ring (bicyclic) bond motifs is 10. The molecule has 6 saturated heterocycles. The number of likely N-dealkylation sites (N-methyl/N-ethyl adjacent to an activating group) is 2. The van der Waals surface area contributed by atoms with Crippen LogP contribution in [-0.4, -0.2) is 301 Å². The lowest BCUT2D eigenvalue weighted by Gasteiger charge is -2.42. The van der Waals surface area contributed by atoms with E-state index in [9.17, 15) is 117 Å². The number of amides is 8. The number of carbonyl (C=O) groups is 12. The number of piperidine rings is 2. The summed E-state index contributed by atoms with van der Waals surface area (Å²) < 4.78 is 192. The van der Waals surface area contributed by atoms with Crippen LogP contribution in [0.15, 0.2) is 71.9 Å². The number of carboxylic acid groups (broad SMARTS) is 1. The van der Waals surface area contributed by atoms with E-state index in [2.05, 4.69) is 15.4 Å². The molecule has 8 aliphatic rings. The van der Waals surface area contributed by atoms with Gasteiger partial charge in [0.15, 0.2) is 17.2 Å². The molecule has 147 heavy (non-hydrogen) atoms. The minimum atomic E-state index is -2.40. The van der Waals surface area contributed by atoms with Crippen LogP contribution in [0, 0.1) is 81.8 Å². The molecule has 4 aromatic carbocycles. The van der Waals surface area contributed by atoms with Crippen molar-refractivity contribution in [2.45, 2.75) is 216 Å². The number of phenols is 1. The number of aromatic hydroxyl groups is 1. The molecule has 8 bridgehead atoms. The van der Waals surface area contributed by atoms with E-state index in [1.54, 1.807) is 88.2 Å². The van der Waals surface area contributed by atoms with Gasteiger partial charge in [-0.15, -0.1) is 0 Å². The van der Waals surface area contributed by atoms with Crippen LogP contribution in [0.2, 0.25) is 10.0 Å². The summed E-state index contributed by atoms with van der Waals surface area (Å²) >= 11 is 16.0. The maximum Gasteiger partial charge on any atom is 0.409 e. The van der Waals surface area contributed by atoms with E-state index in [1.807, 2.05) is 26.0 Å². The molecule has 49 heteroatoms. The van der Waals surface area contributed by atoms with Gasteiger partial charge in [-0.1, -0.05) is 84.7 Å². The maximum absolute atomic E-state index is 14.3. The Morgan fingerprint density at radius 1 is 0.544 bits per heavy atom. The molecular formula is C98H118Cl2F10N8O27S2. The molecule has 808 valence electrons. The van der Waals surface area contributed by atoms with E-state index < -0.39 is 237 Å². The van der Waals surface area contributed by atoms with E-state index in [0.717, 1.165) is 34.0 Å². The van der Waals surface area contributed by atoms with Crippen LogP contribution in [0.5, 0.6) is 23.0 Å². The van der Waals surface area contributed by atoms with Crippen LogP contribution in [0.3, 0.4) is 0 Å². The van der Waals surface area contributed by atoms with Gasteiger partial charge in [-0.3, -0.25) is 49.0 Å². The highest BCUT2D eigenvalue weighted by molar-refractivity contribution is 8.00.